The van der Waals surface area contributed by atoms with Crippen LogP contribution in [0.25, 0.3) is 0 Å². The predicted octanol–water partition coefficient (Wildman–Crippen LogP) is 1.13. The largest absolute Gasteiger partial charge is 0.344 e. The van der Waals surface area contributed by atoms with Crippen LogP contribution in [-0.2, 0) is 0 Å². The van der Waals surface area contributed by atoms with E-state index >= 15 is 0 Å². The molecule has 0 aliphatic heterocycles. The number of H-pyrrole nitrogens is 1. The zero-order chi connectivity index (χ0) is 14.5. The summed E-state index contributed by atoms with van der Waals surface area (Å²) in [7, 11) is 0. The molecule has 2 aromatic rings. The van der Waals surface area contributed by atoms with Crippen molar-refractivity contribution >= 4 is 5.91 Å². The Hall–Kier alpha value is -2.94. The molecule has 1 amide bonds. The number of hydrogen-bond acceptors (Lipinski definition) is 4. The smallest absolute Gasteiger partial charge is 0.272 e. The van der Waals surface area contributed by atoms with E-state index in [1.807, 2.05) is 13.0 Å². The van der Waals surface area contributed by atoms with Crippen LogP contribution in [0, 0.1) is 11.3 Å². The highest BCUT2D eigenvalue weighted by Crippen LogP contribution is 2.13. The number of aromatic nitrogens is 2. The molecule has 100 valence electrons. The maximum Gasteiger partial charge on any atom is 0.272 e. The van der Waals surface area contributed by atoms with Crippen molar-refractivity contribution in [2.24, 2.45) is 0 Å². The molecule has 1 heterocycles. The van der Waals surface area contributed by atoms with Crippen molar-refractivity contribution in [1.82, 2.24) is 15.5 Å². The summed E-state index contributed by atoms with van der Waals surface area (Å²) in [5, 5.41) is 17.4. The van der Waals surface area contributed by atoms with Crippen molar-refractivity contribution in [3.8, 4) is 6.07 Å². The van der Waals surface area contributed by atoms with E-state index in [1.54, 1.807) is 24.3 Å². The Kier molecular flexibility index (Phi) is 3.91. The van der Waals surface area contributed by atoms with Gasteiger partial charge in [-0.2, -0.15) is 10.4 Å². The highest BCUT2D eigenvalue weighted by molar-refractivity contribution is 5.92. The first-order valence-electron chi connectivity index (χ1n) is 5.97. The van der Waals surface area contributed by atoms with E-state index in [1.165, 1.54) is 12.1 Å². The van der Waals surface area contributed by atoms with Gasteiger partial charge in [-0.1, -0.05) is 12.1 Å². The Balaban J connectivity index is 2.08. The topological polar surface area (TPSA) is 98.6 Å². The van der Waals surface area contributed by atoms with Crippen molar-refractivity contribution in [3.05, 3.63) is 63.6 Å². The molecule has 6 nitrogen and oxygen atoms in total. The Morgan fingerprint density at radius 3 is 2.55 bits per heavy atom. The van der Waals surface area contributed by atoms with Crippen LogP contribution in [0.15, 0.2) is 41.2 Å². The number of nitrogens with one attached hydrogen (secondary N) is 2. The zero-order valence-electron chi connectivity index (χ0n) is 10.8. The Morgan fingerprint density at radius 1 is 1.30 bits per heavy atom. The molecule has 1 atom stereocenters. The molecule has 0 radical (unpaired) electrons. The van der Waals surface area contributed by atoms with Gasteiger partial charge in [-0.3, -0.25) is 9.59 Å². The van der Waals surface area contributed by atoms with Crippen molar-refractivity contribution < 1.29 is 4.79 Å². The van der Waals surface area contributed by atoms with Crippen LogP contribution in [-0.4, -0.2) is 16.1 Å². The summed E-state index contributed by atoms with van der Waals surface area (Å²) in [4.78, 5) is 22.8. The van der Waals surface area contributed by atoms with E-state index in [0.717, 1.165) is 5.56 Å². The number of benzene rings is 1. The molecule has 2 rings (SSSR count). The average molecular weight is 268 g/mol. The van der Waals surface area contributed by atoms with Gasteiger partial charge in [-0.25, -0.2) is 5.10 Å². The SMILES string of the molecule is C[C@@H](NC(=O)c1ccc(=O)[nH]n1)c1ccc(C#N)cc1. The first-order valence-corrected chi connectivity index (χ1v) is 5.97. The van der Waals surface area contributed by atoms with Gasteiger partial charge in [-0.15, -0.1) is 0 Å². The second kappa shape index (κ2) is 5.80. The normalized spacial score (nSPS) is 11.4. The number of carbonyl (C=O) groups is 1. The minimum absolute atomic E-state index is 0.144. The number of hydrogen-bond donors (Lipinski definition) is 2. The molecule has 20 heavy (non-hydrogen) atoms. The summed E-state index contributed by atoms with van der Waals surface area (Å²) in [5.41, 5.74) is 1.23. The predicted molar refractivity (Wildman–Crippen MR) is 71.9 cm³/mol. The van der Waals surface area contributed by atoms with Crippen LogP contribution in [0.5, 0.6) is 0 Å². The van der Waals surface area contributed by atoms with Gasteiger partial charge in [0.15, 0.2) is 0 Å². The molecular formula is C14H12N4O2. The summed E-state index contributed by atoms with van der Waals surface area (Å²) in [6.07, 6.45) is 0. The zero-order valence-corrected chi connectivity index (χ0v) is 10.8. The molecule has 0 unspecified atom stereocenters. The summed E-state index contributed by atoms with van der Waals surface area (Å²) < 4.78 is 0. The molecule has 0 saturated carbocycles. The van der Waals surface area contributed by atoms with Crippen molar-refractivity contribution in [3.63, 3.8) is 0 Å². The van der Waals surface area contributed by atoms with Crippen LogP contribution in [0.4, 0.5) is 0 Å². The van der Waals surface area contributed by atoms with Gasteiger partial charge in [0.25, 0.3) is 11.5 Å². The second-order valence-electron chi connectivity index (χ2n) is 4.24. The lowest BCUT2D eigenvalue weighted by molar-refractivity contribution is 0.0933. The average Bonchev–Trinajstić information content (AvgIpc) is 2.48. The van der Waals surface area contributed by atoms with Crippen molar-refractivity contribution in [2.75, 3.05) is 0 Å². The minimum Gasteiger partial charge on any atom is -0.344 e. The molecule has 6 heteroatoms. The molecule has 0 spiro atoms. The van der Waals surface area contributed by atoms with Gasteiger partial charge in [-0.05, 0) is 30.7 Å². The van der Waals surface area contributed by atoms with E-state index < -0.39 is 0 Å². The van der Waals surface area contributed by atoms with Gasteiger partial charge in [0.2, 0.25) is 0 Å². The number of rotatable bonds is 3. The fourth-order valence-electron chi connectivity index (χ4n) is 1.67. The molecule has 1 aromatic heterocycles. The van der Waals surface area contributed by atoms with E-state index in [4.69, 9.17) is 5.26 Å². The van der Waals surface area contributed by atoms with E-state index in [0.29, 0.717) is 5.56 Å². The standard InChI is InChI=1S/C14H12N4O2/c1-9(11-4-2-10(8-15)3-5-11)16-14(20)12-6-7-13(19)18-17-12/h2-7,9H,1H3,(H,16,20)(H,18,19)/t9-/m1/s1. The number of aromatic amines is 1. The number of nitrogens with zero attached hydrogens (tertiary/aromatic N) is 2. The lowest BCUT2D eigenvalue weighted by Gasteiger charge is -2.13. The van der Waals surface area contributed by atoms with Crippen LogP contribution in [0.1, 0.15) is 34.6 Å². The molecule has 0 bridgehead atoms. The summed E-state index contributed by atoms with van der Waals surface area (Å²) in [5.74, 6) is -0.377. The van der Waals surface area contributed by atoms with Crippen LogP contribution in [0.2, 0.25) is 0 Å². The van der Waals surface area contributed by atoms with Crippen LogP contribution >= 0.6 is 0 Å². The highest BCUT2D eigenvalue weighted by Gasteiger charge is 2.12. The first kappa shape index (κ1) is 13.5. The van der Waals surface area contributed by atoms with Crippen molar-refractivity contribution in [1.29, 1.82) is 5.26 Å². The molecular weight excluding hydrogens is 256 g/mol. The Labute approximate surface area is 115 Å². The maximum absolute atomic E-state index is 11.9. The summed E-state index contributed by atoms with van der Waals surface area (Å²) >= 11 is 0. The molecule has 0 saturated heterocycles. The number of nitriles is 1. The third kappa shape index (κ3) is 3.09. The second-order valence-corrected chi connectivity index (χ2v) is 4.24. The fourth-order valence-corrected chi connectivity index (χ4v) is 1.67. The van der Waals surface area contributed by atoms with Gasteiger partial charge in [0.05, 0.1) is 17.7 Å². The third-order valence-electron chi connectivity index (χ3n) is 2.80. The molecule has 0 fully saturated rings. The monoisotopic (exact) mass is 268 g/mol. The lowest BCUT2D eigenvalue weighted by Crippen LogP contribution is -2.28. The van der Waals surface area contributed by atoms with E-state index in [-0.39, 0.29) is 23.2 Å². The Morgan fingerprint density at radius 2 is 2.00 bits per heavy atom. The number of carbonyl (C=O) groups excluding carboxylic acids is 1. The molecule has 1 aromatic carbocycles. The molecule has 2 N–H and O–H groups in total. The maximum atomic E-state index is 11.9. The first-order chi connectivity index (χ1) is 9.60. The van der Waals surface area contributed by atoms with Gasteiger partial charge >= 0.3 is 0 Å². The van der Waals surface area contributed by atoms with Crippen molar-refractivity contribution in [2.45, 2.75) is 13.0 Å². The minimum atomic E-state index is -0.377. The molecule has 0 aliphatic carbocycles. The van der Waals surface area contributed by atoms with E-state index in [9.17, 15) is 9.59 Å². The summed E-state index contributed by atoms with van der Waals surface area (Å²) in [6.45, 7) is 1.82. The van der Waals surface area contributed by atoms with Gasteiger partial charge in [0.1, 0.15) is 5.69 Å². The van der Waals surface area contributed by atoms with Crippen LogP contribution in [0.3, 0.4) is 0 Å². The summed E-state index contributed by atoms with van der Waals surface area (Å²) in [6, 6.07) is 11.4. The van der Waals surface area contributed by atoms with E-state index in [2.05, 4.69) is 15.5 Å². The van der Waals surface area contributed by atoms with Gasteiger partial charge in [0, 0.05) is 6.07 Å². The fraction of sp³-hybridized carbons (Fsp3) is 0.143. The highest BCUT2D eigenvalue weighted by atomic mass is 16.2. The van der Waals surface area contributed by atoms with Crippen LogP contribution < -0.4 is 10.9 Å². The lowest BCUT2D eigenvalue weighted by atomic mass is 10.1. The quantitative estimate of drug-likeness (QED) is 0.871. The Bertz CT molecular complexity index is 693. The molecule has 0 aliphatic rings. The number of amides is 1. The third-order valence-corrected chi connectivity index (χ3v) is 2.80. The van der Waals surface area contributed by atoms with Gasteiger partial charge < -0.3 is 5.32 Å².